The van der Waals surface area contributed by atoms with Crippen LogP contribution in [0.3, 0.4) is 0 Å². The molecule has 4 heterocycles. The highest BCUT2D eigenvalue weighted by atomic mass is 15.4. The van der Waals surface area contributed by atoms with Gasteiger partial charge in [0, 0.05) is 37.9 Å². The van der Waals surface area contributed by atoms with E-state index in [9.17, 15) is 0 Å². The van der Waals surface area contributed by atoms with Crippen LogP contribution < -0.4 is 10.6 Å². The van der Waals surface area contributed by atoms with Crippen LogP contribution in [0.2, 0.25) is 0 Å². The van der Waals surface area contributed by atoms with Gasteiger partial charge in [-0.05, 0) is 45.1 Å². The van der Waals surface area contributed by atoms with Crippen LogP contribution in [-0.4, -0.2) is 50.1 Å². The van der Waals surface area contributed by atoms with E-state index in [2.05, 4.69) is 52.8 Å². The van der Waals surface area contributed by atoms with Gasteiger partial charge in [0.05, 0.1) is 22.7 Å². The molecule has 0 aromatic carbocycles. The summed E-state index contributed by atoms with van der Waals surface area (Å²) in [7, 11) is 1.89. The van der Waals surface area contributed by atoms with Gasteiger partial charge in [-0.2, -0.15) is 0 Å². The van der Waals surface area contributed by atoms with Gasteiger partial charge in [-0.3, -0.25) is 14.8 Å². The Balaban J connectivity index is 0.000000421. The first-order valence-electron chi connectivity index (χ1n) is 11.1. The summed E-state index contributed by atoms with van der Waals surface area (Å²) >= 11 is 0. The van der Waals surface area contributed by atoms with Crippen LogP contribution in [0, 0.1) is 13.8 Å². The fourth-order valence-electron chi connectivity index (χ4n) is 3.53. The van der Waals surface area contributed by atoms with Gasteiger partial charge in [-0.25, -0.2) is 20.0 Å². The van der Waals surface area contributed by atoms with E-state index in [1.165, 1.54) is 0 Å². The topological polar surface area (TPSA) is 98.5 Å². The largest absolute Gasteiger partial charge is 0.385 e. The van der Waals surface area contributed by atoms with E-state index in [-0.39, 0.29) is 0 Å². The maximum Gasteiger partial charge on any atom is 0.212 e. The van der Waals surface area contributed by atoms with Crippen molar-refractivity contribution in [2.45, 2.75) is 20.8 Å². The minimum atomic E-state index is 0.314. The number of aliphatic imine (C=N–C) groups is 2. The van der Waals surface area contributed by atoms with E-state index >= 15 is 0 Å². The van der Waals surface area contributed by atoms with Crippen LogP contribution >= 0.6 is 0 Å². The Bertz CT molecular complexity index is 1400. The number of nitrogens with zero attached hydrogens (tertiary/aromatic N) is 6. The highest BCUT2D eigenvalue weighted by Crippen LogP contribution is 2.28. The fraction of sp³-hybridized carbons (Fsp3) is 0.192. The van der Waals surface area contributed by atoms with Crippen molar-refractivity contribution in [3.8, 4) is 0 Å². The zero-order valence-corrected chi connectivity index (χ0v) is 20.2. The first-order valence-corrected chi connectivity index (χ1v) is 11.1. The molecular formula is C26H27N9. The highest BCUT2D eigenvalue weighted by Gasteiger charge is 2.28. The molecule has 1 aliphatic carbocycles. The Kier molecular flexibility index (Phi) is 7.26. The predicted molar refractivity (Wildman–Crippen MR) is 137 cm³/mol. The van der Waals surface area contributed by atoms with Crippen LogP contribution in [0.4, 0.5) is 0 Å². The third-order valence-corrected chi connectivity index (χ3v) is 5.15. The molecule has 0 radical (unpaired) electrons. The van der Waals surface area contributed by atoms with Gasteiger partial charge in [0.1, 0.15) is 18.3 Å². The monoisotopic (exact) mass is 465 g/mol. The van der Waals surface area contributed by atoms with Gasteiger partial charge < -0.3 is 10.3 Å². The lowest BCUT2D eigenvalue weighted by molar-refractivity contribution is 0.618. The average Bonchev–Trinajstić information content (AvgIpc) is 3.51. The Labute approximate surface area is 204 Å². The molecule has 2 aliphatic heterocycles. The third-order valence-electron chi connectivity index (χ3n) is 5.15. The van der Waals surface area contributed by atoms with Gasteiger partial charge in [0.25, 0.3) is 0 Å². The second-order valence-corrected chi connectivity index (χ2v) is 7.45. The number of H-pyrrole nitrogens is 1. The maximum atomic E-state index is 4.62. The quantitative estimate of drug-likeness (QED) is 0.592. The number of aromatic nitrogens is 4. The molecule has 2 aromatic rings. The molecule has 3 aliphatic rings. The van der Waals surface area contributed by atoms with E-state index in [0.29, 0.717) is 18.6 Å². The van der Waals surface area contributed by atoms with E-state index in [0.717, 1.165) is 34.3 Å². The Morgan fingerprint density at radius 1 is 1.17 bits per heavy atom. The molecule has 5 rings (SSSR count). The fourth-order valence-corrected chi connectivity index (χ4v) is 3.53. The molecule has 3 N–H and O–H groups in total. The number of aryl methyl sites for hydroxylation is 2. The van der Waals surface area contributed by atoms with Crippen molar-refractivity contribution in [1.82, 2.24) is 35.1 Å². The Morgan fingerprint density at radius 2 is 2.03 bits per heavy atom. The summed E-state index contributed by atoms with van der Waals surface area (Å²) in [6.07, 6.45) is 18.6. The van der Waals surface area contributed by atoms with Gasteiger partial charge in [-0.1, -0.05) is 11.8 Å². The molecule has 0 saturated carbocycles. The molecule has 0 amide bonds. The van der Waals surface area contributed by atoms with Crippen molar-refractivity contribution < 1.29 is 0 Å². The number of aromatic amines is 1. The summed E-state index contributed by atoms with van der Waals surface area (Å²) in [5.74, 6) is 3.14. The number of imidazole rings is 2. The zero-order chi connectivity index (χ0) is 24.6. The predicted octanol–water partition coefficient (Wildman–Crippen LogP) is 3.20. The van der Waals surface area contributed by atoms with Gasteiger partial charge >= 0.3 is 0 Å². The van der Waals surface area contributed by atoms with Gasteiger partial charge in [0.15, 0.2) is 0 Å². The van der Waals surface area contributed by atoms with Crippen LogP contribution in [0.25, 0.3) is 0 Å². The molecule has 0 spiro atoms. The molecule has 0 fully saturated rings. The number of guanidine groups is 1. The first kappa shape index (κ1) is 23.4. The van der Waals surface area contributed by atoms with Crippen LogP contribution in [-0.2, 0) is 0 Å². The van der Waals surface area contributed by atoms with Crippen molar-refractivity contribution in [2.24, 2.45) is 9.98 Å². The molecule has 0 atom stereocenters. The van der Waals surface area contributed by atoms with E-state index in [4.69, 9.17) is 0 Å². The second-order valence-electron chi connectivity index (χ2n) is 7.45. The van der Waals surface area contributed by atoms with E-state index < -0.39 is 0 Å². The van der Waals surface area contributed by atoms with Crippen LogP contribution in [0.5, 0.6) is 0 Å². The van der Waals surface area contributed by atoms with E-state index in [1.54, 1.807) is 18.6 Å². The summed E-state index contributed by atoms with van der Waals surface area (Å²) in [6.45, 7) is 6.10. The third kappa shape index (κ3) is 5.24. The van der Waals surface area contributed by atoms with Crippen molar-refractivity contribution in [3.05, 3.63) is 113 Å². The Morgan fingerprint density at radius 3 is 2.69 bits per heavy atom. The van der Waals surface area contributed by atoms with Crippen molar-refractivity contribution in [3.63, 3.8) is 0 Å². The van der Waals surface area contributed by atoms with Crippen LogP contribution in [0.1, 0.15) is 18.6 Å². The number of allylic oxidation sites excluding steroid dienone is 3. The second kappa shape index (κ2) is 10.9. The smallest absolute Gasteiger partial charge is 0.212 e. The van der Waals surface area contributed by atoms with Gasteiger partial charge in [-0.15, -0.1) is 11.5 Å². The number of hydrogen-bond acceptors (Lipinski definition) is 7. The molecule has 0 saturated heterocycles. The number of rotatable bonds is 2. The molecule has 2 aromatic heterocycles. The summed E-state index contributed by atoms with van der Waals surface area (Å²) in [6, 6.07) is 0. The van der Waals surface area contributed by atoms with Crippen LogP contribution in [0.15, 0.2) is 111 Å². The molecule has 9 nitrogen and oxygen atoms in total. The van der Waals surface area contributed by atoms with E-state index in [1.807, 2.05) is 79.9 Å². The van der Waals surface area contributed by atoms with Crippen molar-refractivity contribution in [1.29, 1.82) is 0 Å². The summed E-state index contributed by atoms with van der Waals surface area (Å²) in [5.41, 5.74) is 13.4. The number of hydrogen-bond donors (Lipinski definition) is 3. The zero-order valence-electron chi connectivity index (χ0n) is 20.2. The van der Waals surface area contributed by atoms with Crippen molar-refractivity contribution >= 4 is 11.9 Å². The van der Waals surface area contributed by atoms with Gasteiger partial charge in [0.2, 0.25) is 11.9 Å². The lowest BCUT2D eigenvalue weighted by Gasteiger charge is -2.33. The normalized spacial score (nSPS) is 16.7. The molecule has 9 heteroatoms. The minimum Gasteiger partial charge on any atom is -0.385 e. The standard InChI is InChI=1S/C22H21N7.C4H6N2/c1-4-5-11-19-20(23-3)17-9-7-6-8-10-18(14-17)29(19)22-26-15-25-21(27-22)28-13-12-24-16(28)2;1-4-5-2-3-6-4/h4,6,8-13,23H,15H2,1-3H3,(H,25,26,27);2-3H,1H3,(H,5,6)/b10-8-;. The Hall–Kier alpha value is -4.80. The summed E-state index contributed by atoms with van der Waals surface area (Å²) < 4.78 is 1.90. The lowest BCUT2D eigenvalue weighted by atomic mass is 10.0. The van der Waals surface area contributed by atoms with Crippen molar-refractivity contribution in [2.75, 3.05) is 13.7 Å². The molecule has 35 heavy (non-hydrogen) atoms. The summed E-state index contributed by atoms with van der Waals surface area (Å²) in [5, 5.41) is 6.63. The summed E-state index contributed by atoms with van der Waals surface area (Å²) in [4.78, 5) is 22.2. The average molecular weight is 466 g/mol. The number of likely N-dealkylation sites (N-methyl/N-ethyl adjacent to an activating group) is 1. The first-order chi connectivity index (χ1) is 17.1. The SMILES string of the molecule is CC=C=CC1=C(NC)C2=C=C(/C=C\C=C=C2)N1C1=NCN=C(n2ccnc2C)N1.Cc1ncc[nH]1. The minimum absolute atomic E-state index is 0.314. The molecule has 176 valence electrons. The molecular weight excluding hydrogens is 438 g/mol. The lowest BCUT2D eigenvalue weighted by Crippen LogP contribution is -2.48. The molecule has 0 unspecified atom stereocenters. The maximum absolute atomic E-state index is 4.62. The molecule has 2 bridgehead atoms. The number of nitrogens with one attached hydrogen (secondary N) is 3. The highest BCUT2D eigenvalue weighted by molar-refractivity contribution is 6.02.